The van der Waals surface area contributed by atoms with Crippen molar-refractivity contribution < 1.29 is 0 Å². The molecule has 2 heteroatoms. The van der Waals surface area contributed by atoms with Gasteiger partial charge < -0.3 is 10.6 Å². The number of nitrogens with zero attached hydrogens (tertiary/aromatic N) is 1. The summed E-state index contributed by atoms with van der Waals surface area (Å²) in [5, 5.41) is 0. The lowest BCUT2D eigenvalue weighted by Gasteiger charge is -2.42. The quantitative estimate of drug-likeness (QED) is 0.634. The minimum Gasteiger partial charge on any atom is -0.327 e. The summed E-state index contributed by atoms with van der Waals surface area (Å²) in [6.45, 7) is 2.54. The minimum atomic E-state index is 0.531. The molecule has 0 amide bonds. The van der Waals surface area contributed by atoms with Gasteiger partial charge in [-0.1, -0.05) is 0 Å². The number of rotatable bonds is 0. The van der Waals surface area contributed by atoms with E-state index >= 15 is 0 Å². The molecule has 2 spiro atoms. The van der Waals surface area contributed by atoms with Crippen LogP contribution in [0.5, 0.6) is 0 Å². The number of nitrogens with two attached hydrogens (primary N) is 1. The van der Waals surface area contributed by atoms with Crippen LogP contribution in [0.25, 0.3) is 0 Å². The highest BCUT2D eigenvalue weighted by atomic mass is 15.1. The molecule has 0 aromatic heterocycles. The van der Waals surface area contributed by atoms with Crippen molar-refractivity contribution in [3.8, 4) is 0 Å². The molecule has 80 valence electrons. The molecule has 2 saturated carbocycles. The maximum atomic E-state index is 6.51. The summed E-state index contributed by atoms with van der Waals surface area (Å²) < 4.78 is 0. The fourth-order valence-corrected chi connectivity index (χ4v) is 3.80. The molecule has 0 aromatic carbocycles. The number of piperidine rings is 1. The SMILES string of the molecule is CN1CCC2(CC1)CCC1(CC1)C2N. The molecule has 1 saturated heterocycles. The lowest BCUT2D eigenvalue weighted by Crippen LogP contribution is -2.48. The van der Waals surface area contributed by atoms with Gasteiger partial charge in [0.15, 0.2) is 0 Å². The van der Waals surface area contributed by atoms with Gasteiger partial charge in [-0.15, -0.1) is 0 Å². The third-order valence-corrected chi connectivity index (χ3v) is 5.32. The molecule has 0 radical (unpaired) electrons. The van der Waals surface area contributed by atoms with E-state index in [1.54, 1.807) is 0 Å². The van der Waals surface area contributed by atoms with Crippen LogP contribution in [0.4, 0.5) is 0 Å². The summed E-state index contributed by atoms with van der Waals surface area (Å²) in [6, 6.07) is 0.531. The molecule has 2 nitrogen and oxygen atoms in total. The first-order valence-electron chi connectivity index (χ1n) is 6.11. The monoisotopic (exact) mass is 194 g/mol. The van der Waals surface area contributed by atoms with E-state index in [0.29, 0.717) is 16.9 Å². The van der Waals surface area contributed by atoms with Gasteiger partial charge in [-0.3, -0.25) is 0 Å². The molecular formula is C12H22N2. The van der Waals surface area contributed by atoms with Crippen molar-refractivity contribution in [2.75, 3.05) is 20.1 Å². The first-order valence-corrected chi connectivity index (χ1v) is 6.11. The van der Waals surface area contributed by atoms with Gasteiger partial charge >= 0.3 is 0 Å². The van der Waals surface area contributed by atoms with Crippen LogP contribution < -0.4 is 5.73 Å². The van der Waals surface area contributed by atoms with Crippen molar-refractivity contribution in [2.24, 2.45) is 16.6 Å². The van der Waals surface area contributed by atoms with E-state index in [1.165, 1.54) is 51.6 Å². The van der Waals surface area contributed by atoms with Gasteiger partial charge in [0.1, 0.15) is 0 Å². The minimum absolute atomic E-state index is 0.531. The largest absolute Gasteiger partial charge is 0.327 e. The van der Waals surface area contributed by atoms with E-state index in [9.17, 15) is 0 Å². The summed E-state index contributed by atoms with van der Waals surface area (Å²) >= 11 is 0. The molecule has 14 heavy (non-hydrogen) atoms. The predicted octanol–water partition coefficient (Wildman–Crippen LogP) is 1.60. The molecule has 2 N–H and O–H groups in total. The molecule has 0 aromatic rings. The second-order valence-corrected chi connectivity index (χ2v) is 6.01. The second kappa shape index (κ2) is 2.73. The van der Waals surface area contributed by atoms with Crippen LogP contribution in [-0.4, -0.2) is 31.1 Å². The summed E-state index contributed by atoms with van der Waals surface area (Å²) in [5.74, 6) is 0. The van der Waals surface area contributed by atoms with Crippen molar-refractivity contribution in [3.05, 3.63) is 0 Å². The van der Waals surface area contributed by atoms with Crippen molar-refractivity contribution in [1.82, 2.24) is 4.90 Å². The summed E-state index contributed by atoms with van der Waals surface area (Å²) in [5.41, 5.74) is 7.68. The second-order valence-electron chi connectivity index (χ2n) is 6.01. The lowest BCUT2D eigenvalue weighted by molar-refractivity contribution is 0.102. The molecule has 0 bridgehead atoms. The molecule has 1 aliphatic heterocycles. The maximum Gasteiger partial charge on any atom is 0.0153 e. The Bertz CT molecular complexity index is 237. The molecule has 3 rings (SSSR count). The van der Waals surface area contributed by atoms with Crippen molar-refractivity contribution in [3.63, 3.8) is 0 Å². The molecular weight excluding hydrogens is 172 g/mol. The van der Waals surface area contributed by atoms with Gasteiger partial charge in [0.2, 0.25) is 0 Å². The topological polar surface area (TPSA) is 29.3 Å². The molecule has 1 atom stereocenters. The summed E-state index contributed by atoms with van der Waals surface area (Å²) in [4.78, 5) is 2.45. The maximum absolute atomic E-state index is 6.51. The average Bonchev–Trinajstić information content (AvgIpc) is 2.93. The first kappa shape index (κ1) is 9.17. The zero-order valence-electron chi connectivity index (χ0n) is 9.26. The molecule has 3 aliphatic rings. The van der Waals surface area contributed by atoms with Crippen molar-refractivity contribution in [2.45, 2.75) is 44.6 Å². The predicted molar refractivity (Wildman–Crippen MR) is 58.0 cm³/mol. The molecule has 1 unspecified atom stereocenters. The standard InChI is InChI=1S/C12H22N2/c1-14-8-6-12(7-9-14)5-4-11(2-3-11)10(12)13/h10H,2-9,13H2,1H3. The molecule has 2 aliphatic carbocycles. The highest BCUT2D eigenvalue weighted by molar-refractivity contribution is 5.14. The van der Waals surface area contributed by atoms with Crippen LogP contribution in [0.15, 0.2) is 0 Å². The average molecular weight is 194 g/mol. The van der Waals surface area contributed by atoms with E-state index in [0.717, 1.165) is 0 Å². The molecule has 3 fully saturated rings. The van der Waals surface area contributed by atoms with E-state index in [2.05, 4.69) is 11.9 Å². The normalized spacial score (nSPS) is 39.4. The Balaban J connectivity index is 1.78. The van der Waals surface area contributed by atoms with E-state index in [1.807, 2.05) is 0 Å². The highest BCUT2D eigenvalue weighted by Gasteiger charge is 2.60. The van der Waals surface area contributed by atoms with Crippen LogP contribution in [0.3, 0.4) is 0 Å². The van der Waals surface area contributed by atoms with Crippen LogP contribution in [0.2, 0.25) is 0 Å². The van der Waals surface area contributed by atoms with Gasteiger partial charge in [0.25, 0.3) is 0 Å². The van der Waals surface area contributed by atoms with Gasteiger partial charge in [-0.2, -0.15) is 0 Å². The summed E-state index contributed by atoms with van der Waals surface area (Å²) in [6.07, 6.45) is 8.40. The summed E-state index contributed by atoms with van der Waals surface area (Å²) in [7, 11) is 2.24. The van der Waals surface area contributed by atoms with Gasteiger partial charge in [-0.05, 0) is 69.5 Å². The molecule has 1 heterocycles. The Morgan fingerprint density at radius 3 is 1.86 bits per heavy atom. The Morgan fingerprint density at radius 1 is 0.929 bits per heavy atom. The van der Waals surface area contributed by atoms with E-state index in [-0.39, 0.29) is 0 Å². The van der Waals surface area contributed by atoms with Crippen LogP contribution in [0, 0.1) is 10.8 Å². The Kier molecular flexibility index (Phi) is 1.79. The fraction of sp³-hybridized carbons (Fsp3) is 1.00. The number of hydrogen-bond donors (Lipinski definition) is 1. The van der Waals surface area contributed by atoms with Gasteiger partial charge in [0.05, 0.1) is 0 Å². The van der Waals surface area contributed by atoms with Crippen molar-refractivity contribution >= 4 is 0 Å². The number of hydrogen-bond acceptors (Lipinski definition) is 2. The third-order valence-electron chi connectivity index (χ3n) is 5.32. The Hall–Kier alpha value is -0.0800. The van der Waals surface area contributed by atoms with Gasteiger partial charge in [-0.25, -0.2) is 0 Å². The van der Waals surface area contributed by atoms with E-state index in [4.69, 9.17) is 5.73 Å². The van der Waals surface area contributed by atoms with Crippen molar-refractivity contribution in [1.29, 1.82) is 0 Å². The van der Waals surface area contributed by atoms with Crippen LogP contribution in [-0.2, 0) is 0 Å². The van der Waals surface area contributed by atoms with Crippen LogP contribution in [0.1, 0.15) is 38.5 Å². The van der Waals surface area contributed by atoms with Gasteiger partial charge in [0, 0.05) is 6.04 Å². The zero-order chi connectivity index (χ0) is 9.81. The lowest BCUT2D eigenvalue weighted by atomic mass is 9.73. The van der Waals surface area contributed by atoms with Crippen LogP contribution >= 0.6 is 0 Å². The fourth-order valence-electron chi connectivity index (χ4n) is 3.80. The van der Waals surface area contributed by atoms with E-state index < -0.39 is 0 Å². The number of likely N-dealkylation sites (tertiary alicyclic amines) is 1. The zero-order valence-corrected chi connectivity index (χ0v) is 9.26. The smallest absolute Gasteiger partial charge is 0.0153 e. The highest BCUT2D eigenvalue weighted by Crippen LogP contribution is 2.65. The Labute approximate surface area is 86.8 Å². The first-order chi connectivity index (χ1) is 6.67. The third kappa shape index (κ3) is 1.10. The Morgan fingerprint density at radius 2 is 1.36 bits per heavy atom.